The Hall–Kier alpha value is -2.27. The van der Waals surface area contributed by atoms with Gasteiger partial charge in [-0.1, -0.05) is 38.1 Å². The molecule has 2 aliphatic heterocycles. The maximum atomic E-state index is 12.8. The summed E-state index contributed by atoms with van der Waals surface area (Å²) < 4.78 is 0. The third kappa shape index (κ3) is 5.07. The number of aryl methyl sites for hydroxylation is 1. The van der Waals surface area contributed by atoms with Gasteiger partial charge in [-0.25, -0.2) is 0 Å². The topological polar surface area (TPSA) is 49.3 Å². The molecule has 2 aromatic rings. The third-order valence-corrected chi connectivity index (χ3v) is 6.80. The second-order valence-corrected chi connectivity index (χ2v) is 9.47. The lowest BCUT2D eigenvalue weighted by Crippen LogP contribution is -2.45. The summed E-state index contributed by atoms with van der Waals surface area (Å²) in [5.41, 5.74) is 3.97. The van der Waals surface area contributed by atoms with E-state index in [2.05, 4.69) is 57.9 Å². The molecule has 4 rings (SSSR count). The molecule has 1 aromatic carbocycles. The number of hydrogen-bond donors (Lipinski definition) is 0. The summed E-state index contributed by atoms with van der Waals surface area (Å²) in [7, 11) is 0. The first-order chi connectivity index (χ1) is 14.5. The van der Waals surface area contributed by atoms with E-state index in [1.807, 2.05) is 0 Å². The van der Waals surface area contributed by atoms with Crippen molar-refractivity contribution >= 4 is 5.91 Å². The number of aromatic nitrogens is 2. The van der Waals surface area contributed by atoms with Gasteiger partial charge < -0.3 is 4.90 Å². The predicted molar refractivity (Wildman–Crippen MR) is 119 cm³/mol. The number of nitrogens with zero attached hydrogens (tertiary/aromatic N) is 4. The highest BCUT2D eigenvalue weighted by molar-refractivity contribution is 5.76. The van der Waals surface area contributed by atoms with Crippen molar-refractivity contribution in [1.29, 1.82) is 0 Å². The number of amides is 1. The van der Waals surface area contributed by atoms with Gasteiger partial charge >= 0.3 is 0 Å². The number of rotatable bonds is 6. The summed E-state index contributed by atoms with van der Waals surface area (Å²) in [6.45, 7) is 9.57. The number of carbonyl (C=O) groups is 1. The molecule has 2 aliphatic rings. The van der Waals surface area contributed by atoms with E-state index in [4.69, 9.17) is 0 Å². The fourth-order valence-electron chi connectivity index (χ4n) is 5.04. The summed E-state index contributed by atoms with van der Waals surface area (Å²) in [6, 6.07) is 9.11. The maximum Gasteiger partial charge on any atom is 0.222 e. The molecular formula is C25H34N4O. The molecule has 0 saturated carbocycles. The van der Waals surface area contributed by atoms with Gasteiger partial charge in [-0.3, -0.25) is 19.7 Å². The minimum atomic E-state index is 0.263. The van der Waals surface area contributed by atoms with Crippen LogP contribution in [0.4, 0.5) is 0 Å². The zero-order chi connectivity index (χ0) is 21.0. The van der Waals surface area contributed by atoms with Gasteiger partial charge in [-0.2, -0.15) is 0 Å². The number of piperidine rings is 1. The second kappa shape index (κ2) is 9.25. The Morgan fingerprint density at radius 2 is 1.93 bits per heavy atom. The van der Waals surface area contributed by atoms with Gasteiger partial charge in [0.1, 0.15) is 0 Å². The standard InChI is InChI=1S/C25H34N4O/c1-20(2)22-6-4-21(5-7-22)17-28-14-3-10-25(18-28)11-15-29(19-25)24(30)9-8-23-16-26-12-13-27-23/h4-7,12-13,16,20H,3,8-11,14-15,17-19H2,1-2H3/t25-/m0/s1. The van der Waals surface area contributed by atoms with Gasteiger partial charge in [0.2, 0.25) is 5.91 Å². The highest BCUT2D eigenvalue weighted by Gasteiger charge is 2.42. The molecule has 0 N–H and O–H groups in total. The van der Waals surface area contributed by atoms with Crippen LogP contribution in [-0.2, 0) is 17.8 Å². The molecule has 0 aliphatic carbocycles. The SMILES string of the molecule is CC(C)c1ccc(CN2CCC[C@]3(CCN(C(=O)CCc4cnccn4)C3)C2)cc1. The maximum absolute atomic E-state index is 12.8. The van der Waals surface area contributed by atoms with Crippen LogP contribution in [0.25, 0.3) is 0 Å². The molecule has 1 spiro atoms. The van der Waals surface area contributed by atoms with E-state index in [1.54, 1.807) is 18.6 Å². The van der Waals surface area contributed by atoms with Crippen LogP contribution in [0.1, 0.15) is 62.3 Å². The Morgan fingerprint density at radius 3 is 2.67 bits per heavy atom. The number of likely N-dealkylation sites (tertiary alicyclic amines) is 2. The number of benzene rings is 1. The van der Waals surface area contributed by atoms with Crippen molar-refractivity contribution in [2.45, 2.75) is 58.4 Å². The van der Waals surface area contributed by atoms with Crippen LogP contribution in [0.5, 0.6) is 0 Å². The van der Waals surface area contributed by atoms with Crippen LogP contribution >= 0.6 is 0 Å². The van der Waals surface area contributed by atoms with Crippen molar-refractivity contribution in [2.75, 3.05) is 26.2 Å². The number of carbonyl (C=O) groups excluding carboxylic acids is 1. The molecular weight excluding hydrogens is 372 g/mol. The van der Waals surface area contributed by atoms with Gasteiger partial charge in [0.15, 0.2) is 0 Å². The van der Waals surface area contributed by atoms with E-state index in [0.29, 0.717) is 18.8 Å². The zero-order valence-electron chi connectivity index (χ0n) is 18.4. The van der Waals surface area contributed by atoms with Gasteiger partial charge in [-0.05, 0) is 49.3 Å². The Kier molecular flexibility index (Phi) is 6.47. The average molecular weight is 407 g/mol. The van der Waals surface area contributed by atoms with E-state index in [0.717, 1.165) is 44.8 Å². The van der Waals surface area contributed by atoms with E-state index in [9.17, 15) is 4.79 Å². The van der Waals surface area contributed by atoms with Crippen LogP contribution in [0.2, 0.25) is 0 Å². The van der Waals surface area contributed by atoms with E-state index >= 15 is 0 Å². The molecule has 160 valence electrons. The van der Waals surface area contributed by atoms with Crippen molar-refractivity contribution in [3.05, 3.63) is 59.7 Å². The first kappa shape index (κ1) is 21.0. The zero-order valence-corrected chi connectivity index (χ0v) is 18.4. The van der Waals surface area contributed by atoms with E-state index in [1.165, 1.54) is 24.0 Å². The first-order valence-electron chi connectivity index (χ1n) is 11.4. The van der Waals surface area contributed by atoms with Crippen LogP contribution in [0, 0.1) is 5.41 Å². The predicted octanol–water partition coefficient (Wildman–Crippen LogP) is 4.05. The van der Waals surface area contributed by atoms with E-state index < -0.39 is 0 Å². The monoisotopic (exact) mass is 406 g/mol. The lowest BCUT2D eigenvalue weighted by Gasteiger charge is -2.40. The first-order valence-corrected chi connectivity index (χ1v) is 11.4. The van der Waals surface area contributed by atoms with Gasteiger partial charge in [0, 0.05) is 56.6 Å². The average Bonchev–Trinajstić information content (AvgIpc) is 3.16. The van der Waals surface area contributed by atoms with Gasteiger partial charge in [-0.15, -0.1) is 0 Å². The largest absolute Gasteiger partial charge is 0.342 e. The van der Waals surface area contributed by atoms with Crippen molar-refractivity contribution in [2.24, 2.45) is 5.41 Å². The molecule has 1 atom stereocenters. The molecule has 1 amide bonds. The molecule has 5 nitrogen and oxygen atoms in total. The summed E-state index contributed by atoms with van der Waals surface area (Å²) in [4.78, 5) is 25.8. The molecule has 5 heteroatoms. The van der Waals surface area contributed by atoms with E-state index in [-0.39, 0.29) is 11.3 Å². The van der Waals surface area contributed by atoms with Crippen molar-refractivity contribution < 1.29 is 4.79 Å². The number of hydrogen-bond acceptors (Lipinski definition) is 4. The summed E-state index contributed by atoms with van der Waals surface area (Å²) in [5.74, 6) is 0.840. The van der Waals surface area contributed by atoms with Crippen molar-refractivity contribution in [3.8, 4) is 0 Å². The summed E-state index contributed by atoms with van der Waals surface area (Å²) in [5, 5.41) is 0. The molecule has 3 heterocycles. The lowest BCUT2D eigenvalue weighted by molar-refractivity contribution is -0.130. The summed E-state index contributed by atoms with van der Waals surface area (Å²) >= 11 is 0. The molecule has 2 saturated heterocycles. The second-order valence-electron chi connectivity index (χ2n) is 9.47. The van der Waals surface area contributed by atoms with Crippen LogP contribution in [-0.4, -0.2) is 51.9 Å². The van der Waals surface area contributed by atoms with Crippen LogP contribution in [0.15, 0.2) is 42.9 Å². The van der Waals surface area contributed by atoms with Gasteiger partial charge in [0.25, 0.3) is 0 Å². The molecule has 0 radical (unpaired) electrons. The Morgan fingerprint density at radius 1 is 1.10 bits per heavy atom. The fraction of sp³-hybridized carbons (Fsp3) is 0.560. The fourth-order valence-corrected chi connectivity index (χ4v) is 5.04. The van der Waals surface area contributed by atoms with Gasteiger partial charge in [0.05, 0.1) is 5.69 Å². The highest BCUT2D eigenvalue weighted by Crippen LogP contribution is 2.39. The summed E-state index contributed by atoms with van der Waals surface area (Å²) in [6.07, 6.45) is 9.92. The quantitative estimate of drug-likeness (QED) is 0.726. The smallest absolute Gasteiger partial charge is 0.222 e. The third-order valence-electron chi connectivity index (χ3n) is 6.80. The Balaban J connectivity index is 1.30. The van der Waals surface area contributed by atoms with Crippen LogP contribution in [0.3, 0.4) is 0 Å². The molecule has 2 fully saturated rings. The normalized spacial score (nSPS) is 22.2. The lowest BCUT2D eigenvalue weighted by atomic mass is 9.79. The van der Waals surface area contributed by atoms with Crippen molar-refractivity contribution in [1.82, 2.24) is 19.8 Å². The highest BCUT2D eigenvalue weighted by atomic mass is 16.2. The Bertz CT molecular complexity index is 836. The van der Waals surface area contributed by atoms with Crippen molar-refractivity contribution in [3.63, 3.8) is 0 Å². The Labute approximate surface area is 180 Å². The van der Waals surface area contributed by atoms with Crippen LogP contribution < -0.4 is 0 Å². The molecule has 1 aromatic heterocycles. The molecule has 0 unspecified atom stereocenters. The minimum Gasteiger partial charge on any atom is -0.342 e. The molecule has 0 bridgehead atoms. The molecule has 30 heavy (non-hydrogen) atoms. The minimum absolute atomic E-state index is 0.263.